The topological polar surface area (TPSA) is 211 Å². The van der Waals surface area contributed by atoms with Gasteiger partial charge >= 0.3 is 28.4 Å². The van der Waals surface area contributed by atoms with Crippen LogP contribution >= 0.6 is 0 Å². The molecule has 0 atom stereocenters. The van der Waals surface area contributed by atoms with Gasteiger partial charge in [-0.05, 0) is 17.0 Å². The first-order chi connectivity index (χ1) is 12.6. The molecule has 0 N–H and O–H groups in total. The van der Waals surface area contributed by atoms with E-state index in [0.717, 1.165) is 36.4 Å². The standard InChI is InChI=1S/C12H6N6O9/c19-14(8-4-2-6-10(16(22)23)12(8)18(26)27)13-7-3-1-5-9(15(20)21)11(7)17(24)25/h1-6H. The molecule has 0 spiro atoms. The Labute approximate surface area is 147 Å². The van der Waals surface area contributed by atoms with Gasteiger partial charge in [0, 0.05) is 23.3 Å². The molecular weight excluding hydrogens is 372 g/mol. The first-order valence-corrected chi connectivity index (χ1v) is 6.67. The fourth-order valence-electron chi connectivity index (χ4n) is 2.09. The maximum atomic E-state index is 12.2. The summed E-state index contributed by atoms with van der Waals surface area (Å²) in [5.41, 5.74) is -5.89. The van der Waals surface area contributed by atoms with E-state index >= 15 is 0 Å². The molecule has 27 heavy (non-hydrogen) atoms. The van der Waals surface area contributed by atoms with Gasteiger partial charge in [0.2, 0.25) is 5.69 Å². The number of nitro groups is 4. The minimum absolute atomic E-state index is 0.447. The molecule has 0 radical (unpaired) electrons. The molecule has 0 fully saturated rings. The molecule has 0 heterocycles. The van der Waals surface area contributed by atoms with Crippen molar-refractivity contribution in [1.82, 2.24) is 0 Å². The van der Waals surface area contributed by atoms with Crippen LogP contribution in [0.1, 0.15) is 0 Å². The molecule has 0 amide bonds. The minimum Gasteiger partial charge on any atom is -0.594 e. The molecule has 0 aromatic heterocycles. The predicted molar refractivity (Wildman–Crippen MR) is 84.9 cm³/mol. The Hall–Kier alpha value is -4.56. The van der Waals surface area contributed by atoms with Crippen LogP contribution < -0.4 is 0 Å². The summed E-state index contributed by atoms with van der Waals surface area (Å²) in [6.07, 6.45) is 0. The van der Waals surface area contributed by atoms with Crippen LogP contribution in [0.5, 0.6) is 0 Å². The Balaban J connectivity index is 2.74. The predicted octanol–water partition coefficient (Wildman–Crippen LogP) is 3.25. The molecule has 0 bridgehead atoms. The number of rotatable bonds is 6. The van der Waals surface area contributed by atoms with Crippen molar-refractivity contribution in [2.24, 2.45) is 5.11 Å². The quantitative estimate of drug-likeness (QED) is 0.312. The molecule has 138 valence electrons. The van der Waals surface area contributed by atoms with Crippen molar-refractivity contribution in [3.8, 4) is 0 Å². The summed E-state index contributed by atoms with van der Waals surface area (Å²) in [6.45, 7) is 0. The average molecular weight is 378 g/mol. The van der Waals surface area contributed by atoms with Gasteiger partial charge in [0.05, 0.1) is 19.7 Å². The van der Waals surface area contributed by atoms with E-state index in [1.54, 1.807) is 0 Å². The van der Waals surface area contributed by atoms with E-state index in [1.165, 1.54) is 0 Å². The van der Waals surface area contributed by atoms with Gasteiger partial charge in [-0.1, -0.05) is 6.07 Å². The Kier molecular flexibility index (Phi) is 4.96. The highest BCUT2D eigenvalue weighted by molar-refractivity contribution is 5.69. The third kappa shape index (κ3) is 3.60. The van der Waals surface area contributed by atoms with Crippen LogP contribution in [0.3, 0.4) is 0 Å². The summed E-state index contributed by atoms with van der Waals surface area (Å²) >= 11 is 0. The average Bonchev–Trinajstić information content (AvgIpc) is 2.60. The van der Waals surface area contributed by atoms with Gasteiger partial charge in [0.15, 0.2) is 0 Å². The zero-order valence-electron chi connectivity index (χ0n) is 12.8. The largest absolute Gasteiger partial charge is 0.594 e. The van der Waals surface area contributed by atoms with Crippen molar-refractivity contribution in [1.29, 1.82) is 0 Å². The Morgan fingerprint density at radius 1 is 0.593 bits per heavy atom. The highest BCUT2D eigenvalue weighted by Gasteiger charge is 2.35. The van der Waals surface area contributed by atoms with Gasteiger partial charge in [-0.3, -0.25) is 40.5 Å². The van der Waals surface area contributed by atoms with Gasteiger partial charge in [-0.2, -0.15) is 0 Å². The summed E-state index contributed by atoms with van der Waals surface area (Å²) in [4.78, 5) is 39.1. The number of hydrogen-bond acceptors (Lipinski definition) is 10. The second kappa shape index (κ2) is 7.13. The molecule has 15 heteroatoms. The lowest BCUT2D eigenvalue weighted by Crippen LogP contribution is -2.02. The zero-order chi connectivity index (χ0) is 20.3. The molecule has 0 saturated heterocycles. The fourth-order valence-corrected chi connectivity index (χ4v) is 2.09. The third-order valence-corrected chi connectivity index (χ3v) is 3.15. The molecule has 2 aromatic carbocycles. The van der Waals surface area contributed by atoms with Gasteiger partial charge in [-0.15, -0.1) is 0 Å². The summed E-state index contributed by atoms with van der Waals surface area (Å²) in [5, 5.41) is 59.5. The van der Waals surface area contributed by atoms with Crippen LogP contribution in [0.4, 0.5) is 34.1 Å². The van der Waals surface area contributed by atoms with Crippen molar-refractivity contribution in [3.05, 3.63) is 82.1 Å². The third-order valence-electron chi connectivity index (χ3n) is 3.15. The maximum Gasteiger partial charge on any atom is 0.420 e. The van der Waals surface area contributed by atoms with Crippen LogP contribution in [0.25, 0.3) is 0 Å². The fraction of sp³-hybridized carbons (Fsp3) is 0. The molecule has 2 aromatic rings. The van der Waals surface area contributed by atoms with E-state index in [2.05, 4.69) is 5.11 Å². The van der Waals surface area contributed by atoms with Crippen molar-refractivity contribution in [2.75, 3.05) is 0 Å². The van der Waals surface area contributed by atoms with Crippen molar-refractivity contribution < 1.29 is 24.6 Å². The number of nitrogens with zero attached hydrogens (tertiary/aromatic N) is 6. The van der Waals surface area contributed by atoms with Gasteiger partial charge < -0.3 is 5.21 Å². The molecule has 0 saturated carbocycles. The van der Waals surface area contributed by atoms with Gasteiger partial charge in [0.25, 0.3) is 0 Å². The Morgan fingerprint density at radius 2 is 1.04 bits per heavy atom. The van der Waals surface area contributed by atoms with Crippen LogP contribution in [0.15, 0.2) is 41.5 Å². The SMILES string of the molecule is O=[N+]([O-])c1cccc(N=[N+]([O-])c2cccc([N+](=O)[O-])c2[N+](=O)[O-])c1[N+](=O)[O-]. The van der Waals surface area contributed by atoms with Gasteiger partial charge in [-0.25, -0.2) is 0 Å². The monoisotopic (exact) mass is 378 g/mol. The molecule has 0 aliphatic heterocycles. The van der Waals surface area contributed by atoms with E-state index in [4.69, 9.17) is 0 Å². The molecular formula is C12H6N6O9. The number of hydrogen-bond donors (Lipinski definition) is 0. The Morgan fingerprint density at radius 3 is 1.52 bits per heavy atom. The molecule has 2 rings (SSSR count). The van der Waals surface area contributed by atoms with Crippen molar-refractivity contribution in [3.63, 3.8) is 0 Å². The van der Waals surface area contributed by atoms with E-state index in [1.807, 2.05) is 0 Å². The molecule has 0 aliphatic rings. The normalized spacial score (nSPS) is 11.0. The Bertz CT molecular complexity index is 1020. The molecule has 15 nitrogen and oxygen atoms in total. The maximum absolute atomic E-state index is 12.2. The number of para-hydroxylation sites is 2. The first-order valence-electron chi connectivity index (χ1n) is 6.67. The zero-order valence-corrected chi connectivity index (χ0v) is 12.8. The van der Waals surface area contributed by atoms with E-state index < -0.39 is 58.7 Å². The van der Waals surface area contributed by atoms with Crippen LogP contribution in [0, 0.1) is 45.7 Å². The van der Waals surface area contributed by atoms with E-state index in [0.29, 0.717) is 0 Å². The van der Waals surface area contributed by atoms with Crippen molar-refractivity contribution >= 4 is 34.1 Å². The molecule has 0 aliphatic carbocycles. The van der Waals surface area contributed by atoms with Crippen molar-refractivity contribution in [2.45, 2.75) is 0 Å². The second-order valence-corrected chi connectivity index (χ2v) is 4.69. The van der Waals surface area contributed by atoms with Crippen LogP contribution in [-0.2, 0) is 0 Å². The lowest BCUT2D eigenvalue weighted by Gasteiger charge is -2.02. The summed E-state index contributed by atoms with van der Waals surface area (Å²) in [5.74, 6) is 0. The van der Waals surface area contributed by atoms with E-state index in [9.17, 15) is 45.7 Å². The smallest absolute Gasteiger partial charge is 0.420 e. The van der Waals surface area contributed by atoms with Gasteiger partial charge in [0.1, 0.15) is 0 Å². The lowest BCUT2D eigenvalue weighted by molar-refractivity contribution is -0.463. The number of benzene rings is 2. The number of nitro benzene ring substituents is 4. The van der Waals surface area contributed by atoms with Crippen LogP contribution in [0.2, 0.25) is 0 Å². The summed E-state index contributed by atoms with van der Waals surface area (Å²) < 4.78 is 0. The lowest BCUT2D eigenvalue weighted by atomic mass is 10.2. The number of azo groups is 1. The summed E-state index contributed by atoms with van der Waals surface area (Å²) in [6, 6.07) is 5.32. The van der Waals surface area contributed by atoms with Crippen LogP contribution in [-0.4, -0.2) is 24.6 Å². The minimum atomic E-state index is -1.19. The summed E-state index contributed by atoms with van der Waals surface area (Å²) in [7, 11) is 0. The second-order valence-electron chi connectivity index (χ2n) is 4.69. The highest BCUT2D eigenvalue weighted by atomic mass is 16.6. The van der Waals surface area contributed by atoms with E-state index in [-0.39, 0.29) is 0 Å². The molecule has 0 unspecified atom stereocenters. The first kappa shape index (κ1) is 18.8. The highest BCUT2D eigenvalue weighted by Crippen LogP contribution is 2.39.